The Balaban J connectivity index is 2.92. The minimum Gasteiger partial charge on any atom is -0.508 e. The molecule has 7 N–H and O–H groups in total. The first-order chi connectivity index (χ1) is 22.9. The van der Waals surface area contributed by atoms with Crippen molar-refractivity contribution in [3.05, 3.63) is 42.0 Å². The van der Waals surface area contributed by atoms with Crippen molar-refractivity contribution in [1.82, 2.24) is 5.32 Å². The summed E-state index contributed by atoms with van der Waals surface area (Å²) in [5, 5.41) is 43.0. The van der Waals surface area contributed by atoms with E-state index in [0.717, 1.165) is 51.4 Å². The molecule has 48 heavy (non-hydrogen) atoms. The Morgan fingerprint density at radius 2 is 1.48 bits per heavy atom. The number of rotatable bonds is 28. The minimum atomic E-state index is -2.92. The molecular weight excluding hydrogens is 620 g/mol. The monoisotopic (exact) mass is 676 g/mol. The molecule has 12 heteroatoms. The van der Waals surface area contributed by atoms with E-state index in [9.17, 15) is 44.4 Å². The van der Waals surface area contributed by atoms with Crippen LogP contribution >= 0.6 is 0 Å². The standard InChI is InChI=1S/C36H56N2O10/c1-2-3-4-7-11-16-28(39)17-12-8-5-6-9-13-18-30(36(47,35(45)46)26-32(41)48-24-15-10-14-23-37)33(42)38-31(34(43)44)25-27-19-21-29(40)22-20-27/h13,18-22,30-31,40,47H,2-12,14-17,23-26,37H2,1H3,(H,38,42)(H,43,44)(H,45,46)/b18-13+/t30-,31+,36+/m1/s1. The van der Waals surface area contributed by atoms with Gasteiger partial charge in [0.2, 0.25) is 5.91 Å². The first-order valence-electron chi connectivity index (χ1n) is 17.3. The molecule has 270 valence electrons. The van der Waals surface area contributed by atoms with Crippen molar-refractivity contribution in [2.45, 2.75) is 128 Å². The highest BCUT2D eigenvalue weighted by molar-refractivity contribution is 5.95. The molecule has 0 aliphatic rings. The lowest BCUT2D eigenvalue weighted by Crippen LogP contribution is -2.55. The summed E-state index contributed by atoms with van der Waals surface area (Å²) in [5.74, 6) is -6.93. The predicted molar refractivity (Wildman–Crippen MR) is 181 cm³/mol. The SMILES string of the molecule is CCCCCCCC(=O)CCCCCC/C=C/[C@H](C(=O)N[C@@H](Cc1ccc(O)cc1)C(=O)O)[C@@](O)(CC(=O)OCCCCCN)C(=O)O. The van der Waals surface area contributed by atoms with Gasteiger partial charge in [0.25, 0.3) is 0 Å². The van der Waals surface area contributed by atoms with Crippen LogP contribution < -0.4 is 11.1 Å². The number of esters is 1. The third-order valence-corrected chi connectivity index (χ3v) is 8.15. The normalized spacial score (nSPS) is 13.8. The van der Waals surface area contributed by atoms with Crippen molar-refractivity contribution in [1.29, 1.82) is 0 Å². The van der Waals surface area contributed by atoms with E-state index in [-0.39, 0.29) is 24.6 Å². The molecule has 0 radical (unpaired) electrons. The number of Topliss-reactive ketones (excluding diaryl/α,β-unsaturated/α-hetero) is 1. The van der Waals surface area contributed by atoms with Crippen LogP contribution in [0.4, 0.5) is 0 Å². The summed E-state index contributed by atoms with van der Waals surface area (Å²) in [6, 6.07) is 4.19. The maximum absolute atomic E-state index is 13.5. The van der Waals surface area contributed by atoms with Gasteiger partial charge in [-0.25, -0.2) is 9.59 Å². The quantitative estimate of drug-likeness (QED) is 0.0402. The molecule has 1 aromatic carbocycles. The number of phenols is 1. The zero-order chi connectivity index (χ0) is 35.8. The van der Waals surface area contributed by atoms with Crippen molar-refractivity contribution in [2.75, 3.05) is 13.2 Å². The Kier molecular flexibility index (Phi) is 21.5. The summed E-state index contributed by atoms with van der Waals surface area (Å²) < 4.78 is 5.11. The zero-order valence-corrected chi connectivity index (χ0v) is 28.4. The van der Waals surface area contributed by atoms with Gasteiger partial charge in [-0.1, -0.05) is 69.7 Å². The molecule has 0 aliphatic heterocycles. The van der Waals surface area contributed by atoms with Crippen LogP contribution in [0.1, 0.15) is 115 Å². The lowest BCUT2D eigenvalue weighted by molar-refractivity contribution is -0.174. The van der Waals surface area contributed by atoms with Crippen LogP contribution in [0.3, 0.4) is 0 Å². The number of carboxylic acid groups (broad SMARTS) is 2. The number of benzene rings is 1. The van der Waals surface area contributed by atoms with E-state index in [1.807, 2.05) is 0 Å². The predicted octanol–water partition coefficient (Wildman–Crippen LogP) is 4.82. The fourth-order valence-electron chi connectivity index (χ4n) is 5.21. The Morgan fingerprint density at radius 3 is 2.06 bits per heavy atom. The number of hydrogen-bond acceptors (Lipinski definition) is 9. The van der Waals surface area contributed by atoms with Gasteiger partial charge in [-0.05, 0) is 69.2 Å². The number of carbonyl (C=O) groups is 5. The van der Waals surface area contributed by atoms with Gasteiger partial charge >= 0.3 is 17.9 Å². The number of nitrogens with two attached hydrogens (primary N) is 1. The number of ketones is 1. The van der Waals surface area contributed by atoms with Gasteiger partial charge < -0.3 is 36.2 Å². The first-order valence-corrected chi connectivity index (χ1v) is 17.3. The summed E-state index contributed by atoms with van der Waals surface area (Å²) in [5.41, 5.74) is 3.01. The van der Waals surface area contributed by atoms with E-state index < -0.39 is 47.8 Å². The van der Waals surface area contributed by atoms with Crippen molar-refractivity contribution in [3.8, 4) is 5.75 Å². The largest absolute Gasteiger partial charge is 0.508 e. The van der Waals surface area contributed by atoms with Crippen LogP contribution in [0.15, 0.2) is 36.4 Å². The first kappa shape index (κ1) is 42.3. The number of carboxylic acids is 2. The molecule has 0 aromatic heterocycles. The van der Waals surface area contributed by atoms with E-state index in [1.165, 1.54) is 42.8 Å². The number of aliphatic carboxylic acids is 2. The second-order valence-electron chi connectivity index (χ2n) is 12.3. The molecule has 12 nitrogen and oxygen atoms in total. The Morgan fingerprint density at radius 1 is 0.875 bits per heavy atom. The lowest BCUT2D eigenvalue weighted by Gasteiger charge is -2.30. The summed E-state index contributed by atoms with van der Waals surface area (Å²) in [6.45, 7) is 2.61. The molecule has 0 fully saturated rings. The highest BCUT2D eigenvalue weighted by Gasteiger charge is 2.49. The van der Waals surface area contributed by atoms with Gasteiger partial charge in [-0.2, -0.15) is 0 Å². The average molecular weight is 677 g/mol. The van der Waals surface area contributed by atoms with Crippen LogP contribution in [0.5, 0.6) is 5.75 Å². The van der Waals surface area contributed by atoms with Gasteiger partial charge in [0, 0.05) is 19.3 Å². The van der Waals surface area contributed by atoms with E-state index in [4.69, 9.17) is 10.5 Å². The fraction of sp³-hybridized carbons (Fsp3) is 0.639. The minimum absolute atomic E-state index is 0.0144. The summed E-state index contributed by atoms with van der Waals surface area (Å²) in [6.07, 6.45) is 13.5. The topological polar surface area (TPSA) is 214 Å². The number of aliphatic hydroxyl groups is 1. The van der Waals surface area contributed by atoms with Gasteiger partial charge in [0.15, 0.2) is 5.60 Å². The molecule has 0 bridgehead atoms. The second kappa shape index (κ2) is 24.4. The molecule has 3 atom stereocenters. The van der Waals surface area contributed by atoms with E-state index in [2.05, 4.69) is 12.2 Å². The summed E-state index contributed by atoms with van der Waals surface area (Å²) >= 11 is 0. The van der Waals surface area contributed by atoms with E-state index in [0.29, 0.717) is 50.6 Å². The van der Waals surface area contributed by atoms with Gasteiger partial charge in [-0.15, -0.1) is 0 Å². The number of aromatic hydroxyl groups is 1. The maximum atomic E-state index is 13.5. The Labute approximate surface area is 284 Å². The molecule has 0 heterocycles. The Hall–Kier alpha value is -3.77. The fourth-order valence-corrected chi connectivity index (χ4v) is 5.21. The molecule has 0 unspecified atom stereocenters. The third-order valence-electron chi connectivity index (χ3n) is 8.15. The van der Waals surface area contributed by atoms with E-state index >= 15 is 0 Å². The number of carbonyl (C=O) groups excluding carboxylic acids is 3. The highest BCUT2D eigenvalue weighted by Crippen LogP contribution is 2.26. The number of allylic oxidation sites excluding steroid dienone is 1. The van der Waals surface area contributed by atoms with Crippen molar-refractivity contribution in [2.24, 2.45) is 11.7 Å². The highest BCUT2D eigenvalue weighted by atomic mass is 16.5. The second-order valence-corrected chi connectivity index (χ2v) is 12.3. The average Bonchev–Trinajstić information content (AvgIpc) is 3.04. The molecule has 1 amide bonds. The molecular formula is C36H56N2O10. The molecule has 0 aliphatic carbocycles. The van der Waals surface area contributed by atoms with Gasteiger partial charge in [-0.3, -0.25) is 14.4 Å². The third kappa shape index (κ3) is 17.4. The van der Waals surface area contributed by atoms with Gasteiger partial charge in [0.05, 0.1) is 18.9 Å². The van der Waals surface area contributed by atoms with Crippen molar-refractivity contribution in [3.63, 3.8) is 0 Å². The Bertz CT molecular complexity index is 1150. The van der Waals surface area contributed by atoms with Crippen LogP contribution in [0, 0.1) is 5.92 Å². The summed E-state index contributed by atoms with van der Waals surface area (Å²) in [4.78, 5) is 62.6. The van der Waals surface area contributed by atoms with Crippen molar-refractivity contribution < 1.29 is 49.1 Å². The number of unbranched alkanes of at least 4 members (excludes halogenated alkanes) is 10. The number of phenolic OH excluding ortho intramolecular Hbond substituents is 1. The van der Waals surface area contributed by atoms with E-state index in [1.54, 1.807) is 0 Å². The number of amides is 1. The molecule has 0 saturated carbocycles. The molecule has 1 aromatic rings. The summed E-state index contributed by atoms with van der Waals surface area (Å²) in [7, 11) is 0. The molecule has 1 rings (SSSR count). The number of ether oxygens (including phenoxy) is 1. The van der Waals surface area contributed by atoms with Crippen molar-refractivity contribution >= 4 is 29.6 Å². The molecule has 0 spiro atoms. The lowest BCUT2D eigenvalue weighted by atomic mass is 9.82. The van der Waals surface area contributed by atoms with Crippen LogP contribution in [0.25, 0.3) is 0 Å². The number of hydrogen-bond donors (Lipinski definition) is 6. The smallest absolute Gasteiger partial charge is 0.337 e. The number of nitrogens with one attached hydrogen (secondary N) is 1. The van der Waals surface area contributed by atoms with Gasteiger partial charge in [0.1, 0.15) is 17.6 Å². The maximum Gasteiger partial charge on any atom is 0.337 e. The van der Waals surface area contributed by atoms with Crippen LogP contribution in [0.2, 0.25) is 0 Å². The zero-order valence-electron chi connectivity index (χ0n) is 28.4. The molecule has 0 saturated heterocycles. The van der Waals surface area contributed by atoms with Crippen LogP contribution in [-0.4, -0.2) is 74.8 Å². The van der Waals surface area contributed by atoms with Crippen LogP contribution in [-0.2, 0) is 35.1 Å².